The second kappa shape index (κ2) is 4.78. The van der Waals surface area contributed by atoms with Gasteiger partial charge in [-0.3, -0.25) is 9.59 Å². The molecule has 1 aliphatic rings. The highest BCUT2D eigenvalue weighted by Crippen LogP contribution is 2.22. The molecular weight excluding hydrogens is 216 g/mol. The van der Waals surface area contributed by atoms with Crippen molar-refractivity contribution in [2.45, 2.75) is 12.8 Å². The third kappa shape index (κ3) is 2.91. The highest BCUT2D eigenvalue weighted by Gasteiger charge is 2.10. The maximum absolute atomic E-state index is 11.3. The van der Waals surface area contributed by atoms with Crippen molar-refractivity contribution in [1.29, 1.82) is 0 Å². The molecule has 1 aromatic carbocycles. The van der Waals surface area contributed by atoms with Crippen LogP contribution in [0.5, 0.6) is 0 Å². The number of carboxylic acid groups (broad SMARTS) is 1. The zero-order chi connectivity index (χ0) is 12.3. The second-order valence-corrected chi connectivity index (χ2v) is 3.97. The van der Waals surface area contributed by atoms with Gasteiger partial charge < -0.3 is 5.11 Å². The van der Waals surface area contributed by atoms with E-state index in [9.17, 15) is 9.59 Å². The van der Waals surface area contributed by atoms with Gasteiger partial charge in [0.25, 0.3) is 0 Å². The van der Waals surface area contributed by atoms with Crippen LogP contribution in [0.4, 0.5) is 0 Å². The average Bonchev–Trinajstić information content (AvgIpc) is 2.27. The molecule has 0 saturated heterocycles. The topological polar surface area (TPSA) is 54.4 Å². The lowest BCUT2D eigenvalue weighted by Crippen LogP contribution is -2.05. The third-order valence-corrected chi connectivity index (χ3v) is 2.60. The van der Waals surface area contributed by atoms with Gasteiger partial charge in [-0.2, -0.15) is 0 Å². The Labute approximate surface area is 99.1 Å². The third-order valence-electron chi connectivity index (χ3n) is 2.60. The number of ketones is 1. The van der Waals surface area contributed by atoms with E-state index in [-0.39, 0.29) is 5.78 Å². The van der Waals surface area contributed by atoms with Crippen LogP contribution in [0.3, 0.4) is 0 Å². The summed E-state index contributed by atoms with van der Waals surface area (Å²) in [4.78, 5) is 21.7. The summed E-state index contributed by atoms with van der Waals surface area (Å²) in [6.07, 6.45) is 5.46. The molecule has 1 aromatic rings. The number of allylic oxidation sites excluding steroid dienone is 3. The predicted molar refractivity (Wildman–Crippen MR) is 64.5 cm³/mol. The van der Waals surface area contributed by atoms with Crippen LogP contribution in [-0.4, -0.2) is 16.9 Å². The van der Waals surface area contributed by atoms with Crippen LogP contribution in [0.25, 0.3) is 6.08 Å². The van der Waals surface area contributed by atoms with Crippen molar-refractivity contribution in [3.8, 4) is 0 Å². The Morgan fingerprint density at radius 1 is 1.24 bits per heavy atom. The summed E-state index contributed by atoms with van der Waals surface area (Å²) < 4.78 is 0. The van der Waals surface area contributed by atoms with Crippen LogP contribution in [-0.2, 0) is 16.0 Å². The summed E-state index contributed by atoms with van der Waals surface area (Å²) in [5, 5.41) is 8.50. The fourth-order valence-electron chi connectivity index (χ4n) is 1.84. The first-order valence-corrected chi connectivity index (χ1v) is 5.36. The fourth-order valence-corrected chi connectivity index (χ4v) is 1.84. The van der Waals surface area contributed by atoms with Gasteiger partial charge in [0.05, 0.1) is 0 Å². The Morgan fingerprint density at radius 2 is 2.00 bits per heavy atom. The van der Waals surface area contributed by atoms with E-state index in [4.69, 9.17) is 5.11 Å². The Hall–Kier alpha value is -2.16. The average molecular weight is 228 g/mol. The molecule has 1 aliphatic carbocycles. The van der Waals surface area contributed by atoms with Crippen LogP contribution >= 0.6 is 0 Å². The summed E-state index contributed by atoms with van der Waals surface area (Å²) in [6.45, 7) is 0. The van der Waals surface area contributed by atoms with Gasteiger partial charge >= 0.3 is 5.97 Å². The molecule has 0 atom stereocenters. The lowest BCUT2D eigenvalue weighted by atomic mass is 9.93. The fraction of sp³-hybridized carbons (Fsp3) is 0.143. The van der Waals surface area contributed by atoms with Crippen molar-refractivity contribution < 1.29 is 14.7 Å². The first kappa shape index (κ1) is 11.3. The molecule has 0 saturated carbocycles. The molecule has 17 heavy (non-hydrogen) atoms. The molecule has 1 N–H and O–H groups in total. The van der Waals surface area contributed by atoms with E-state index >= 15 is 0 Å². The van der Waals surface area contributed by atoms with Gasteiger partial charge in [-0.15, -0.1) is 0 Å². The number of benzene rings is 1. The molecule has 0 bridgehead atoms. The Kier molecular flexibility index (Phi) is 3.19. The molecule has 86 valence electrons. The van der Waals surface area contributed by atoms with E-state index in [2.05, 4.69) is 0 Å². The smallest absolute Gasteiger partial charge is 0.311 e. The highest BCUT2D eigenvalue weighted by molar-refractivity contribution is 6.02. The van der Waals surface area contributed by atoms with Crippen molar-refractivity contribution in [2.75, 3.05) is 0 Å². The number of hydrogen-bond acceptors (Lipinski definition) is 2. The van der Waals surface area contributed by atoms with Gasteiger partial charge in [0.1, 0.15) is 6.42 Å². The predicted octanol–water partition coefficient (Wildman–Crippen LogP) is 2.23. The van der Waals surface area contributed by atoms with Crippen LogP contribution in [0, 0.1) is 0 Å². The van der Waals surface area contributed by atoms with Crippen LogP contribution in [0.2, 0.25) is 0 Å². The van der Waals surface area contributed by atoms with Crippen LogP contribution in [0.1, 0.15) is 17.5 Å². The molecule has 2 rings (SSSR count). The van der Waals surface area contributed by atoms with E-state index in [0.29, 0.717) is 6.42 Å². The Morgan fingerprint density at radius 3 is 2.76 bits per heavy atom. The SMILES string of the molecule is O=C(O)CC(=O)/C=C1/C=Cc2ccccc2C1. The van der Waals surface area contributed by atoms with Crippen LogP contribution in [0.15, 0.2) is 42.0 Å². The lowest BCUT2D eigenvalue weighted by Gasteiger charge is -2.12. The standard InChI is InChI=1S/C14H12O3/c15-13(9-14(16)17)8-10-5-6-11-3-1-2-4-12(11)7-10/h1-6,8H,7,9H2,(H,16,17)/b10-8-. The lowest BCUT2D eigenvalue weighted by molar-refractivity contribution is -0.139. The molecule has 0 fully saturated rings. The maximum atomic E-state index is 11.3. The molecule has 3 heteroatoms. The minimum Gasteiger partial charge on any atom is -0.481 e. The van der Waals surface area contributed by atoms with Gasteiger partial charge in [-0.1, -0.05) is 36.4 Å². The molecule has 0 spiro atoms. The van der Waals surface area contributed by atoms with E-state index in [1.807, 2.05) is 36.4 Å². The maximum Gasteiger partial charge on any atom is 0.311 e. The van der Waals surface area contributed by atoms with Crippen molar-refractivity contribution in [2.24, 2.45) is 0 Å². The molecular formula is C14H12O3. The number of carboxylic acids is 1. The molecule has 0 unspecified atom stereocenters. The van der Waals surface area contributed by atoms with Gasteiger partial charge in [0, 0.05) is 0 Å². The summed E-state index contributed by atoms with van der Waals surface area (Å²) in [6, 6.07) is 7.94. The van der Waals surface area contributed by atoms with E-state index in [1.165, 1.54) is 6.08 Å². The minimum absolute atomic E-state index is 0.364. The van der Waals surface area contributed by atoms with Crippen molar-refractivity contribution in [3.63, 3.8) is 0 Å². The summed E-state index contributed by atoms with van der Waals surface area (Å²) in [7, 11) is 0. The van der Waals surface area contributed by atoms with Crippen molar-refractivity contribution in [1.82, 2.24) is 0 Å². The molecule has 0 heterocycles. The number of carbonyl (C=O) groups is 2. The second-order valence-electron chi connectivity index (χ2n) is 3.97. The molecule has 0 aromatic heterocycles. The zero-order valence-corrected chi connectivity index (χ0v) is 9.22. The molecule has 0 amide bonds. The number of carbonyl (C=O) groups excluding carboxylic acids is 1. The van der Waals surface area contributed by atoms with Gasteiger partial charge in [-0.25, -0.2) is 0 Å². The monoisotopic (exact) mass is 228 g/mol. The van der Waals surface area contributed by atoms with E-state index in [1.54, 1.807) is 0 Å². The van der Waals surface area contributed by atoms with E-state index in [0.717, 1.165) is 16.7 Å². The summed E-state index contributed by atoms with van der Waals surface area (Å²) in [5.74, 6) is -1.46. The van der Waals surface area contributed by atoms with Gasteiger partial charge in [-0.05, 0) is 29.2 Å². The Bertz CT molecular complexity index is 524. The molecule has 0 aliphatic heterocycles. The van der Waals surface area contributed by atoms with Gasteiger partial charge in [0.2, 0.25) is 0 Å². The number of fused-ring (bicyclic) bond motifs is 1. The molecule has 3 nitrogen and oxygen atoms in total. The van der Waals surface area contributed by atoms with Crippen molar-refractivity contribution in [3.05, 3.63) is 53.1 Å². The first-order valence-electron chi connectivity index (χ1n) is 5.36. The van der Waals surface area contributed by atoms with Crippen LogP contribution < -0.4 is 0 Å². The number of aliphatic carboxylic acids is 1. The number of rotatable bonds is 3. The minimum atomic E-state index is -1.09. The zero-order valence-electron chi connectivity index (χ0n) is 9.22. The largest absolute Gasteiger partial charge is 0.481 e. The van der Waals surface area contributed by atoms with Crippen molar-refractivity contribution >= 4 is 17.8 Å². The summed E-state index contributed by atoms with van der Waals surface area (Å²) >= 11 is 0. The highest BCUT2D eigenvalue weighted by atomic mass is 16.4. The normalized spacial score (nSPS) is 15.6. The quantitative estimate of drug-likeness (QED) is 0.637. The first-order chi connectivity index (χ1) is 8.15. The summed E-state index contributed by atoms with van der Waals surface area (Å²) in [5.41, 5.74) is 3.16. The number of hydrogen-bond donors (Lipinski definition) is 1. The Balaban J connectivity index is 2.15. The van der Waals surface area contributed by atoms with Gasteiger partial charge in [0.15, 0.2) is 5.78 Å². The van der Waals surface area contributed by atoms with E-state index < -0.39 is 12.4 Å². The molecule has 0 radical (unpaired) electrons.